The van der Waals surface area contributed by atoms with Crippen LogP contribution >= 0.6 is 0 Å². The Balaban J connectivity index is 2.35. The highest BCUT2D eigenvalue weighted by molar-refractivity contribution is 5.76. The summed E-state index contributed by atoms with van der Waals surface area (Å²) in [5, 5.41) is 2.85. The van der Waals surface area contributed by atoms with E-state index >= 15 is 0 Å². The highest BCUT2D eigenvalue weighted by atomic mass is 19.1. The first-order chi connectivity index (χ1) is 8.52. The summed E-state index contributed by atoms with van der Waals surface area (Å²) in [6.07, 6.45) is 1.17. The summed E-state index contributed by atoms with van der Waals surface area (Å²) in [7, 11) is 0. The molecule has 1 unspecified atom stereocenters. The molecular formula is C14H21FN2O. The smallest absolute Gasteiger partial charge is 0.220 e. The quantitative estimate of drug-likeness (QED) is 0.811. The zero-order valence-corrected chi connectivity index (χ0v) is 11.0. The Hall–Kier alpha value is -1.42. The summed E-state index contributed by atoms with van der Waals surface area (Å²) in [4.78, 5) is 11.5. The summed E-state index contributed by atoms with van der Waals surface area (Å²) in [6, 6.07) is 4.72. The van der Waals surface area contributed by atoms with Crippen molar-refractivity contribution in [2.45, 2.75) is 26.7 Å². The molecule has 3 nitrogen and oxygen atoms in total. The molecule has 0 aliphatic rings. The highest BCUT2D eigenvalue weighted by Crippen LogP contribution is 2.10. The molecular weight excluding hydrogens is 231 g/mol. The van der Waals surface area contributed by atoms with Crippen molar-refractivity contribution >= 4 is 5.91 Å². The van der Waals surface area contributed by atoms with Crippen LogP contribution in [0.25, 0.3) is 0 Å². The molecule has 1 aromatic rings. The Kier molecular flexibility index (Phi) is 5.78. The second-order valence-corrected chi connectivity index (χ2v) is 4.72. The molecule has 0 bridgehead atoms. The van der Waals surface area contributed by atoms with Gasteiger partial charge in [-0.25, -0.2) is 4.39 Å². The molecule has 3 N–H and O–H groups in total. The van der Waals surface area contributed by atoms with Crippen LogP contribution in [0.2, 0.25) is 0 Å². The van der Waals surface area contributed by atoms with E-state index in [0.717, 1.165) is 17.5 Å². The van der Waals surface area contributed by atoms with E-state index in [4.69, 9.17) is 5.73 Å². The van der Waals surface area contributed by atoms with Gasteiger partial charge in [-0.1, -0.05) is 13.0 Å². The van der Waals surface area contributed by atoms with E-state index < -0.39 is 0 Å². The zero-order valence-electron chi connectivity index (χ0n) is 11.0. The summed E-state index contributed by atoms with van der Waals surface area (Å²) >= 11 is 0. The van der Waals surface area contributed by atoms with Gasteiger partial charge in [-0.2, -0.15) is 0 Å². The van der Waals surface area contributed by atoms with Crippen molar-refractivity contribution in [1.29, 1.82) is 0 Å². The number of hydrogen-bond acceptors (Lipinski definition) is 2. The van der Waals surface area contributed by atoms with E-state index in [1.165, 1.54) is 12.1 Å². The Morgan fingerprint density at radius 1 is 1.50 bits per heavy atom. The minimum Gasteiger partial charge on any atom is -0.356 e. The van der Waals surface area contributed by atoms with Gasteiger partial charge >= 0.3 is 0 Å². The number of rotatable bonds is 6. The van der Waals surface area contributed by atoms with Gasteiger partial charge in [0.05, 0.1) is 0 Å². The van der Waals surface area contributed by atoms with Gasteiger partial charge in [-0.05, 0) is 49.1 Å². The van der Waals surface area contributed by atoms with Crippen LogP contribution in [0.15, 0.2) is 18.2 Å². The molecule has 0 aliphatic carbocycles. The van der Waals surface area contributed by atoms with Crippen molar-refractivity contribution in [2.75, 3.05) is 13.1 Å². The lowest BCUT2D eigenvalue weighted by atomic mass is 10.1. The van der Waals surface area contributed by atoms with Crippen LogP contribution in [0.4, 0.5) is 4.39 Å². The largest absolute Gasteiger partial charge is 0.356 e. The van der Waals surface area contributed by atoms with Gasteiger partial charge in [0.15, 0.2) is 0 Å². The first kappa shape index (κ1) is 14.6. The minimum absolute atomic E-state index is 0.0210. The maximum absolute atomic E-state index is 12.9. The molecule has 1 atom stereocenters. The van der Waals surface area contributed by atoms with Crippen LogP contribution in [0.5, 0.6) is 0 Å². The molecule has 0 saturated heterocycles. The molecule has 0 spiro atoms. The highest BCUT2D eigenvalue weighted by Gasteiger charge is 2.07. The van der Waals surface area contributed by atoms with Crippen LogP contribution in [0, 0.1) is 18.7 Å². The van der Waals surface area contributed by atoms with Gasteiger partial charge in [-0.3, -0.25) is 4.79 Å². The molecule has 0 radical (unpaired) electrons. The van der Waals surface area contributed by atoms with Crippen molar-refractivity contribution in [3.63, 3.8) is 0 Å². The van der Waals surface area contributed by atoms with Gasteiger partial charge < -0.3 is 11.1 Å². The Morgan fingerprint density at radius 2 is 2.22 bits per heavy atom. The van der Waals surface area contributed by atoms with Crippen LogP contribution in [0.1, 0.15) is 24.5 Å². The van der Waals surface area contributed by atoms with Gasteiger partial charge in [0.25, 0.3) is 0 Å². The third-order valence-corrected chi connectivity index (χ3v) is 2.96. The van der Waals surface area contributed by atoms with Crippen LogP contribution in [-0.2, 0) is 11.2 Å². The van der Waals surface area contributed by atoms with E-state index in [0.29, 0.717) is 19.5 Å². The van der Waals surface area contributed by atoms with Gasteiger partial charge in [-0.15, -0.1) is 0 Å². The number of carbonyl (C=O) groups excluding carboxylic acids is 1. The van der Waals surface area contributed by atoms with Crippen LogP contribution in [0.3, 0.4) is 0 Å². The lowest BCUT2D eigenvalue weighted by molar-refractivity contribution is -0.121. The molecule has 18 heavy (non-hydrogen) atoms. The predicted molar refractivity (Wildman–Crippen MR) is 70.7 cm³/mol. The lowest BCUT2D eigenvalue weighted by Gasteiger charge is -2.10. The number of nitrogens with two attached hydrogens (primary N) is 1. The van der Waals surface area contributed by atoms with Crippen LogP contribution in [-0.4, -0.2) is 19.0 Å². The fraction of sp³-hybridized carbons (Fsp3) is 0.500. The Labute approximate surface area is 108 Å². The lowest BCUT2D eigenvalue weighted by Crippen LogP contribution is -2.28. The maximum atomic E-state index is 12.9. The van der Waals surface area contributed by atoms with E-state index in [2.05, 4.69) is 5.32 Å². The molecule has 4 heteroatoms. The number of hydrogen-bond donors (Lipinski definition) is 2. The topological polar surface area (TPSA) is 55.1 Å². The average Bonchev–Trinajstić information content (AvgIpc) is 2.31. The third-order valence-electron chi connectivity index (χ3n) is 2.96. The average molecular weight is 252 g/mol. The molecule has 100 valence electrons. The number of aryl methyl sites for hydroxylation is 1. The fourth-order valence-electron chi connectivity index (χ4n) is 1.75. The van der Waals surface area contributed by atoms with E-state index in [9.17, 15) is 9.18 Å². The molecule has 0 heterocycles. The molecule has 1 rings (SSSR count). The number of carbonyl (C=O) groups is 1. The summed E-state index contributed by atoms with van der Waals surface area (Å²) in [5.41, 5.74) is 7.43. The summed E-state index contributed by atoms with van der Waals surface area (Å²) in [6.45, 7) is 4.91. The second-order valence-electron chi connectivity index (χ2n) is 4.72. The van der Waals surface area contributed by atoms with Gasteiger partial charge in [0.2, 0.25) is 5.91 Å². The molecule has 0 aliphatic heterocycles. The first-order valence-electron chi connectivity index (χ1n) is 6.24. The van der Waals surface area contributed by atoms with Crippen molar-refractivity contribution in [3.05, 3.63) is 35.1 Å². The van der Waals surface area contributed by atoms with Gasteiger partial charge in [0, 0.05) is 13.0 Å². The molecule has 1 aromatic carbocycles. The van der Waals surface area contributed by atoms with Crippen molar-refractivity contribution < 1.29 is 9.18 Å². The summed E-state index contributed by atoms with van der Waals surface area (Å²) in [5.74, 6) is 0.00216. The molecule has 0 fully saturated rings. The van der Waals surface area contributed by atoms with E-state index in [-0.39, 0.29) is 17.6 Å². The van der Waals surface area contributed by atoms with Crippen molar-refractivity contribution in [1.82, 2.24) is 5.32 Å². The van der Waals surface area contributed by atoms with Crippen molar-refractivity contribution in [2.24, 2.45) is 11.7 Å². The maximum Gasteiger partial charge on any atom is 0.220 e. The monoisotopic (exact) mass is 252 g/mol. The third kappa shape index (κ3) is 4.84. The van der Waals surface area contributed by atoms with E-state index in [1.807, 2.05) is 13.8 Å². The molecule has 0 aromatic heterocycles. The first-order valence-corrected chi connectivity index (χ1v) is 6.24. The SMILES string of the molecule is Cc1cc(F)ccc1CCNC(=O)CC(C)CN. The number of amides is 1. The Morgan fingerprint density at radius 3 is 2.83 bits per heavy atom. The second kappa shape index (κ2) is 7.11. The predicted octanol–water partition coefficient (Wildman–Crippen LogP) is 1.78. The standard InChI is InChI=1S/C14H21FN2O/c1-10(9-16)7-14(18)17-6-5-12-3-4-13(15)8-11(12)2/h3-4,8,10H,5-7,9,16H2,1-2H3,(H,17,18). The Bertz CT molecular complexity index is 407. The van der Waals surface area contributed by atoms with Crippen LogP contribution < -0.4 is 11.1 Å². The number of benzene rings is 1. The summed E-state index contributed by atoms with van der Waals surface area (Å²) < 4.78 is 12.9. The fourth-order valence-corrected chi connectivity index (χ4v) is 1.75. The minimum atomic E-state index is -0.225. The number of halogens is 1. The normalized spacial score (nSPS) is 12.2. The molecule has 1 amide bonds. The molecule has 0 saturated carbocycles. The van der Waals surface area contributed by atoms with Gasteiger partial charge in [0.1, 0.15) is 5.82 Å². The van der Waals surface area contributed by atoms with E-state index in [1.54, 1.807) is 6.07 Å². The number of nitrogens with one attached hydrogen (secondary N) is 1. The van der Waals surface area contributed by atoms with Crippen molar-refractivity contribution in [3.8, 4) is 0 Å². The zero-order chi connectivity index (χ0) is 13.5.